The number of benzene rings is 4. The van der Waals surface area contributed by atoms with Crippen LogP contribution in [-0.2, 0) is 0 Å². The molecule has 1 fully saturated rings. The van der Waals surface area contributed by atoms with Gasteiger partial charge in [0.15, 0.2) is 0 Å². The van der Waals surface area contributed by atoms with Gasteiger partial charge in [-0.15, -0.1) is 0 Å². The average Bonchev–Trinajstić information content (AvgIpc) is 3.69. The Labute approximate surface area is 299 Å². The van der Waals surface area contributed by atoms with Crippen LogP contribution in [0.1, 0.15) is 79.1 Å². The van der Waals surface area contributed by atoms with Crippen LogP contribution in [0.25, 0.3) is 0 Å². The molecule has 2 spiro atoms. The van der Waals surface area contributed by atoms with Crippen molar-refractivity contribution in [1.82, 2.24) is 9.34 Å². The molecular formula is C40H54N4O4P2. The summed E-state index contributed by atoms with van der Waals surface area (Å²) >= 11 is 0. The number of hydrogen-bond donors (Lipinski definition) is 0. The van der Waals surface area contributed by atoms with Crippen molar-refractivity contribution in [1.29, 1.82) is 0 Å². The molecule has 0 radical (unpaired) electrons. The maximum absolute atomic E-state index is 7.81. The van der Waals surface area contributed by atoms with Crippen LogP contribution in [0.5, 0.6) is 23.0 Å². The van der Waals surface area contributed by atoms with E-state index < -0.39 is 15.0 Å². The predicted octanol–water partition coefficient (Wildman–Crippen LogP) is 12.0. The molecule has 0 aliphatic carbocycles. The summed E-state index contributed by atoms with van der Waals surface area (Å²) in [7, 11) is -8.90. The number of anilines is 2. The molecule has 10 heteroatoms. The van der Waals surface area contributed by atoms with Crippen LogP contribution in [0.2, 0.25) is 0 Å². The van der Waals surface area contributed by atoms with Gasteiger partial charge in [0.1, 0.15) is 0 Å². The summed E-state index contributed by atoms with van der Waals surface area (Å²) in [6.45, 7) is 12.2. The van der Waals surface area contributed by atoms with Crippen molar-refractivity contribution in [2.45, 2.75) is 79.1 Å². The van der Waals surface area contributed by atoms with E-state index in [9.17, 15) is 0 Å². The molecular weight excluding hydrogens is 662 g/mol. The Kier molecular flexibility index (Phi) is 9.69. The summed E-state index contributed by atoms with van der Waals surface area (Å²) in [6, 6.07) is 37.7. The summed E-state index contributed by atoms with van der Waals surface area (Å²) in [6.07, 6.45) is 8.12. The zero-order chi connectivity index (χ0) is 34.7. The normalized spacial score (nSPS) is 20.0. The SMILES string of the molecule is CCCCN(CCCC)P12(Oc3ccccc3O1)N(c1ccccc1)P1(N(CCCC)CCCC)(Oc3ccccc3O1)N2c1ccccc1. The molecule has 8 nitrogen and oxygen atoms in total. The van der Waals surface area contributed by atoms with Crippen molar-refractivity contribution in [3.05, 3.63) is 109 Å². The Morgan fingerprint density at radius 3 is 0.920 bits per heavy atom. The van der Waals surface area contributed by atoms with Gasteiger partial charge < -0.3 is 0 Å². The zero-order valence-electron chi connectivity index (χ0n) is 30.2. The third-order valence-corrected chi connectivity index (χ3v) is 22.0. The first-order chi connectivity index (χ1) is 24.5. The van der Waals surface area contributed by atoms with Gasteiger partial charge in [0.25, 0.3) is 0 Å². The van der Waals surface area contributed by atoms with Gasteiger partial charge in [0, 0.05) is 0 Å². The zero-order valence-corrected chi connectivity index (χ0v) is 32.0. The van der Waals surface area contributed by atoms with Crippen LogP contribution in [-0.4, -0.2) is 35.5 Å². The predicted molar refractivity (Wildman–Crippen MR) is 210 cm³/mol. The molecule has 4 aromatic carbocycles. The monoisotopic (exact) mass is 716 g/mol. The summed E-state index contributed by atoms with van der Waals surface area (Å²) in [5, 5.41) is 0. The summed E-state index contributed by atoms with van der Waals surface area (Å²) < 4.78 is 41.3. The molecule has 0 atom stereocenters. The van der Waals surface area contributed by atoms with Gasteiger partial charge in [-0.2, -0.15) is 0 Å². The molecule has 3 heterocycles. The van der Waals surface area contributed by atoms with Gasteiger partial charge in [-0.05, 0) is 0 Å². The fraction of sp³-hybridized carbons (Fsp3) is 0.400. The molecule has 3 aliphatic heterocycles. The van der Waals surface area contributed by atoms with E-state index >= 15 is 0 Å². The molecule has 50 heavy (non-hydrogen) atoms. The Morgan fingerprint density at radius 2 is 0.660 bits per heavy atom. The second-order valence-electron chi connectivity index (χ2n) is 13.5. The number of para-hydroxylation sites is 6. The van der Waals surface area contributed by atoms with Gasteiger partial charge in [-0.3, -0.25) is 0 Å². The number of hydrogen-bond acceptors (Lipinski definition) is 8. The number of fused-ring (bicyclic) bond motifs is 2. The molecule has 0 bridgehead atoms. The van der Waals surface area contributed by atoms with Crippen molar-refractivity contribution in [3.8, 4) is 23.0 Å². The van der Waals surface area contributed by atoms with Crippen LogP contribution in [0.15, 0.2) is 109 Å². The van der Waals surface area contributed by atoms with Gasteiger partial charge >= 0.3 is 300 Å². The minimum atomic E-state index is -4.45. The van der Waals surface area contributed by atoms with Gasteiger partial charge in [-0.1, -0.05) is 0 Å². The number of rotatable bonds is 16. The minimum absolute atomic E-state index is 0.742. The fourth-order valence-corrected chi connectivity index (χ4v) is 23.1. The molecule has 0 saturated carbocycles. The van der Waals surface area contributed by atoms with Crippen LogP contribution >= 0.6 is 15.0 Å². The topological polar surface area (TPSA) is 49.9 Å². The maximum atomic E-state index is 7.81. The molecule has 4 aromatic rings. The molecule has 0 unspecified atom stereocenters. The Morgan fingerprint density at radius 1 is 0.400 bits per heavy atom. The molecule has 0 aromatic heterocycles. The van der Waals surface area contributed by atoms with E-state index in [1.165, 1.54) is 0 Å². The molecule has 3 aliphatic rings. The van der Waals surface area contributed by atoms with Gasteiger partial charge in [-0.25, -0.2) is 0 Å². The first-order valence-corrected chi connectivity index (χ1v) is 22.6. The Balaban J connectivity index is 1.65. The van der Waals surface area contributed by atoms with E-state index in [1.54, 1.807) is 0 Å². The third kappa shape index (κ3) is 4.93. The van der Waals surface area contributed by atoms with E-state index in [0.717, 1.165) is 112 Å². The van der Waals surface area contributed by atoms with Crippen molar-refractivity contribution in [2.75, 3.05) is 35.1 Å². The second-order valence-corrected chi connectivity index (χ2v) is 20.9. The van der Waals surface area contributed by atoms with Crippen LogP contribution in [0.3, 0.4) is 0 Å². The third-order valence-electron chi connectivity index (χ3n) is 10.0. The second kappa shape index (κ2) is 13.9. The first-order valence-electron chi connectivity index (χ1n) is 18.8. The molecule has 0 amide bonds. The molecule has 268 valence electrons. The van der Waals surface area contributed by atoms with Crippen LogP contribution in [0.4, 0.5) is 11.4 Å². The Hall–Kier alpha value is -3.54. The number of nitrogens with zero attached hydrogens (tertiary/aromatic N) is 4. The summed E-state index contributed by atoms with van der Waals surface area (Å²) in [5.41, 5.74) is 1.93. The van der Waals surface area contributed by atoms with Crippen LogP contribution < -0.4 is 27.0 Å². The quantitative estimate of drug-likeness (QED) is 0.106. The number of unbranched alkanes of at least 4 members (excludes halogenated alkanes) is 4. The Bertz CT molecular complexity index is 1550. The first kappa shape index (κ1) is 34.9. The van der Waals surface area contributed by atoms with Crippen molar-refractivity contribution in [2.24, 2.45) is 0 Å². The van der Waals surface area contributed by atoms with E-state index in [2.05, 4.69) is 131 Å². The standard InChI is InChI=1S/C40H54N4O4P2/c1-5-9-31-41(32-10-6-2)49(45-37-27-19-20-28-38(37)46-49)43(35-23-15-13-16-24-35)50(42(33-11-7-3)34-12-8-4,44(49)36-25-17-14-18-26-36)47-39-29-21-22-30-40(39)48-50/h13-30H,5-12,31-34H2,1-4H3. The van der Waals surface area contributed by atoms with E-state index in [-0.39, 0.29) is 0 Å². The van der Waals surface area contributed by atoms with Crippen LogP contribution in [0, 0.1) is 0 Å². The van der Waals surface area contributed by atoms with Crippen molar-refractivity contribution < 1.29 is 18.1 Å². The molecule has 1 saturated heterocycles. The average molecular weight is 717 g/mol. The fourth-order valence-electron chi connectivity index (χ4n) is 7.78. The summed E-state index contributed by atoms with van der Waals surface area (Å²) in [4.78, 5) is 0. The molecule has 0 N–H and O–H groups in total. The van der Waals surface area contributed by atoms with Gasteiger partial charge in [0.05, 0.1) is 0 Å². The van der Waals surface area contributed by atoms with E-state index in [0.29, 0.717) is 0 Å². The summed E-state index contributed by atoms with van der Waals surface area (Å²) in [5.74, 6) is 2.97. The van der Waals surface area contributed by atoms with Crippen molar-refractivity contribution in [3.63, 3.8) is 0 Å². The van der Waals surface area contributed by atoms with Gasteiger partial charge in [0.2, 0.25) is 0 Å². The van der Waals surface area contributed by atoms with E-state index in [4.69, 9.17) is 18.1 Å². The molecule has 7 rings (SSSR count). The van der Waals surface area contributed by atoms with Crippen molar-refractivity contribution >= 4 is 26.4 Å². The van der Waals surface area contributed by atoms with E-state index in [1.807, 2.05) is 24.3 Å².